The van der Waals surface area contributed by atoms with Gasteiger partial charge in [0.1, 0.15) is 6.61 Å². The number of ether oxygens (including phenoxy) is 1. The van der Waals surface area contributed by atoms with Gasteiger partial charge in [-0.3, -0.25) is 4.79 Å². The molecule has 5 heteroatoms. The number of hydrogen-bond acceptors (Lipinski definition) is 3. The Morgan fingerprint density at radius 1 is 1.47 bits per heavy atom. The summed E-state index contributed by atoms with van der Waals surface area (Å²) in [6, 6.07) is 9.60. The van der Waals surface area contributed by atoms with Crippen molar-refractivity contribution < 1.29 is 14.3 Å². The molecule has 19 heavy (non-hydrogen) atoms. The van der Waals surface area contributed by atoms with Gasteiger partial charge in [0.05, 0.1) is 6.04 Å². The molecule has 2 atom stereocenters. The molecule has 0 aliphatic carbocycles. The zero-order valence-electron chi connectivity index (χ0n) is 10.7. The lowest BCUT2D eigenvalue weighted by Gasteiger charge is -2.22. The monoisotopic (exact) mass is 325 g/mol. The predicted molar refractivity (Wildman–Crippen MR) is 75.1 cm³/mol. The molecule has 1 heterocycles. The predicted octanol–water partition coefficient (Wildman–Crippen LogP) is 2.61. The molecule has 0 aromatic heterocycles. The van der Waals surface area contributed by atoms with Crippen molar-refractivity contribution in [1.29, 1.82) is 0 Å². The van der Waals surface area contributed by atoms with Gasteiger partial charge in [-0.2, -0.15) is 0 Å². The lowest BCUT2D eigenvalue weighted by Crippen LogP contribution is -2.43. The number of amides is 2. The number of rotatable bonds is 4. The van der Waals surface area contributed by atoms with E-state index in [9.17, 15) is 9.59 Å². The molecule has 1 aromatic rings. The van der Waals surface area contributed by atoms with E-state index in [1.807, 2.05) is 30.3 Å². The van der Waals surface area contributed by atoms with Crippen molar-refractivity contribution in [2.24, 2.45) is 5.92 Å². The van der Waals surface area contributed by atoms with Gasteiger partial charge in [-0.25, -0.2) is 9.69 Å². The van der Waals surface area contributed by atoms with E-state index >= 15 is 0 Å². The summed E-state index contributed by atoms with van der Waals surface area (Å²) in [4.78, 5) is 25.1. The van der Waals surface area contributed by atoms with E-state index < -0.39 is 6.09 Å². The van der Waals surface area contributed by atoms with Gasteiger partial charge in [-0.05, 0) is 12.0 Å². The summed E-state index contributed by atoms with van der Waals surface area (Å²) in [5.41, 5.74) is 1.09. The fourth-order valence-corrected chi connectivity index (χ4v) is 2.35. The van der Waals surface area contributed by atoms with Crippen LogP contribution in [0.15, 0.2) is 30.3 Å². The first-order valence-electron chi connectivity index (χ1n) is 6.23. The van der Waals surface area contributed by atoms with Crippen LogP contribution in [0, 0.1) is 5.92 Å². The number of carbonyl (C=O) groups excluding carboxylic acids is 2. The fourth-order valence-electron chi connectivity index (χ4n) is 2.07. The van der Waals surface area contributed by atoms with Crippen LogP contribution in [-0.4, -0.2) is 34.9 Å². The van der Waals surface area contributed by atoms with Crippen LogP contribution in [0.3, 0.4) is 0 Å². The van der Waals surface area contributed by atoms with E-state index in [1.165, 1.54) is 4.90 Å². The van der Waals surface area contributed by atoms with Crippen molar-refractivity contribution in [3.05, 3.63) is 35.9 Å². The molecule has 0 saturated carbocycles. The van der Waals surface area contributed by atoms with Crippen LogP contribution < -0.4 is 0 Å². The summed E-state index contributed by atoms with van der Waals surface area (Å²) in [5.74, 6) is -0.413. The minimum absolute atomic E-state index is 0.180. The van der Waals surface area contributed by atoms with Crippen LogP contribution in [-0.2, 0) is 16.0 Å². The molecular formula is C14H16BrNO3. The summed E-state index contributed by atoms with van der Waals surface area (Å²) >= 11 is 3.27. The Labute approximate surface area is 120 Å². The van der Waals surface area contributed by atoms with Crippen LogP contribution in [0.4, 0.5) is 4.79 Å². The third-order valence-corrected chi connectivity index (χ3v) is 4.14. The average molecular weight is 326 g/mol. The topological polar surface area (TPSA) is 46.6 Å². The number of carbonyl (C=O) groups is 2. The van der Waals surface area contributed by atoms with E-state index in [0.717, 1.165) is 5.56 Å². The van der Waals surface area contributed by atoms with Crippen molar-refractivity contribution in [3.8, 4) is 0 Å². The van der Waals surface area contributed by atoms with Crippen molar-refractivity contribution in [2.45, 2.75) is 19.4 Å². The Balaban J connectivity index is 2.11. The van der Waals surface area contributed by atoms with E-state index in [1.54, 1.807) is 6.92 Å². The van der Waals surface area contributed by atoms with Crippen molar-refractivity contribution in [1.82, 2.24) is 4.90 Å². The molecule has 1 fully saturated rings. The summed E-state index contributed by atoms with van der Waals surface area (Å²) in [7, 11) is 0. The molecule has 1 aliphatic rings. The van der Waals surface area contributed by atoms with Crippen molar-refractivity contribution in [2.75, 3.05) is 11.9 Å². The second-order valence-electron chi connectivity index (χ2n) is 4.68. The Bertz CT molecular complexity index is 463. The van der Waals surface area contributed by atoms with E-state index in [0.29, 0.717) is 11.8 Å². The number of halogens is 1. The normalized spacial score (nSPS) is 20.2. The Kier molecular flexibility index (Phi) is 4.58. The molecule has 102 valence electrons. The highest BCUT2D eigenvalue weighted by Crippen LogP contribution is 2.20. The molecule has 1 aromatic carbocycles. The first-order valence-corrected chi connectivity index (χ1v) is 7.35. The molecule has 0 bridgehead atoms. The standard InChI is InChI=1S/C14H16BrNO3/c1-10(8-15)13(17)16-12(9-19-14(16)18)7-11-5-3-2-4-6-11/h2-6,10,12H,7-9H2,1H3/t10-,12+/m1/s1. The SMILES string of the molecule is C[C@H](CBr)C(=O)N1C(=O)OC[C@@H]1Cc1ccccc1. The molecule has 4 nitrogen and oxygen atoms in total. The average Bonchev–Trinajstić information content (AvgIpc) is 2.79. The number of imide groups is 1. The van der Waals surface area contributed by atoms with E-state index in [4.69, 9.17) is 4.74 Å². The summed E-state index contributed by atoms with van der Waals surface area (Å²) in [6.45, 7) is 2.07. The molecule has 1 aliphatic heterocycles. The summed E-state index contributed by atoms with van der Waals surface area (Å²) < 4.78 is 5.02. The molecule has 0 unspecified atom stereocenters. The van der Waals surface area contributed by atoms with Gasteiger partial charge in [0, 0.05) is 11.2 Å². The minimum atomic E-state index is -0.529. The maximum Gasteiger partial charge on any atom is 0.416 e. The fraction of sp³-hybridized carbons (Fsp3) is 0.429. The van der Waals surface area contributed by atoms with Crippen LogP contribution in [0.2, 0.25) is 0 Å². The number of cyclic esters (lactones) is 1. The van der Waals surface area contributed by atoms with Crippen LogP contribution in [0.5, 0.6) is 0 Å². The quantitative estimate of drug-likeness (QED) is 0.799. The molecule has 0 N–H and O–H groups in total. The van der Waals surface area contributed by atoms with Gasteiger partial charge in [-0.15, -0.1) is 0 Å². The van der Waals surface area contributed by atoms with Gasteiger partial charge >= 0.3 is 6.09 Å². The lowest BCUT2D eigenvalue weighted by atomic mass is 10.0. The molecular weight excluding hydrogens is 310 g/mol. The van der Waals surface area contributed by atoms with Crippen molar-refractivity contribution >= 4 is 27.9 Å². The van der Waals surface area contributed by atoms with Gasteiger partial charge < -0.3 is 4.74 Å². The van der Waals surface area contributed by atoms with E-state index in [2.05, 4.69) is 15.9 Å². The molecule has 2 rings (SSSR count). The first kappa shape index (κ1) is 14.1. The summed E-state index contributed by atoms with van der Waals surface area (Å²) in [6.07, 6.45) is 0.103. The Hall–Kier alpha value is -1.36. The maximum absolute atomic E-state index is 12.2. The van der Waals surface area contributed by atoms with Gasteiger partial charge in [-0.1, -0.05) is 53.2 Å². The molecule has 0 spiro atoms. The summed E-state index contributed by atoms with van der Waals surface area (Å²) in [5, 5.41) is 0.535. The molecule has 1 saturated heterocycles. The van der Waals surface area contributed by atoms with Gasteiger partial charge in [0.2, 0.25) is 5.91 Å². The first-order chi connectivity index (χ1) is 9.13. The maximum atomic E-state index is 12.2. The Morgan fingerprint density at radius 2 is 2.16 bits per heavy atom. The number of nitrogens with zero attached hydrogens (tertiary/aromatic N) is 1. The lowest BCUT2D eigenvalue weighted by molar-refractivity contribution is -0.132. The third kappa shape index (κ3) is 3.15. The molecule has 0 radical (unpaired) electrons. The highest BCUT2D eigenvalue weighted by Gasteiger charge is 2.39. The van der Waals surface area contributed by atoms with Crippen LogP contribution in [0.25, 0.3) is 0 Å². The van der Waals surface area contributed by atoms with Crippen LogP contribution in [0.1, 0.15) is 12.5 Å². The number of alkyl halides is 1. The third-order valence-electron chi connectivity index (χ3n) is 3.17. The van der Waals surface area contributed by atoms with Crippen molar-refractivity contribution in [3.63, 3.8) is 0 Å². The zero-order valence-corrected chi connectivity index (χ0v) is 12.3. The second-order valence-corrected chi connectivity index (χ2v) is 5.33. The number of benzene rings is 1. The zero-order chi connectivity index (χ0) is 13.8. The highest BCUT2D eigenvalue weighted by atomic mass is 79.9. The number of hydrogen-bond donors (Lipinski definition) is 0. The minimum Gasteiger partial charge on any atom is -0.447 e. The molecule has 2 amide bonds. The largest absolute Gasteiger partial charge is 0.447 e. The highest BCUT2D eigenvalue weighted by molar-refractivity contribution is 9.09. The van der Waals surface area contributed by atoms with Gasteiger partial charge in [0.15, 0.2) is 0 Å². The smallest absolute Gasteiger partial charge is 0.416 e. The van der Waals surface area contributed by atoms with Crippen LogP contribution >= 0.6 is 15.9 Å². The van der Waals surface area contributed by atoms with E-state index in [-0.39, 0.29) is 24.5 Å². The second kappa shape index (κ2) is 6.19. The van der Waals surface area contributed by atoms with Gasteiger partial charge in [0.25, 0.3) is 0 Å². The Morgan fingerprint density at radius 3 is 2.79 bits per heavy atom.